The number of hydrogen-bond donors (Lipinski definition) is 0. The molecule has 0 atom stereocenters. The number of aromatic nitrogens is 4. The molecule has 4 rings (SSSR count). The largest absolute Gasteiger partial charge is 0.339 e. The molecule has 7 heteroatoms. The van der Waals surface area contributed by atoms with Gasteiger partial charge in [0.05, 0.1) is 0 Å². The molecule has 0 N–H and O–H groups in total. The van der Waals surface area contributed by atoms with Crippen LogP contribution in [0.4, 0.5) is 0 Å². The van der Waals surface area contributed by atoms with Crippen molar-refractivity contribution in [3.63, 3.8) is 0 Å². The Labute approximate surface area is 150 Å². The first kappa shape index (κ1) is 16.5. The van der Waals surface area contributed by atoms with E-state index in [2.05, 4.69) is 10.2 Å². The molecule has 1 aliphatic heterocycles. The van der Waals surface area contributed by atoms with Crippen molar-refractivity contribution < 1.29 is 4.79 Å². The number of piperidine rings is 1. The quantitative estimate of drug-likeness (QED) is 0.723. The highest BCUT2D eigenvalue weighted by Gasteiger charge is 2.27. The summed E-state index contributed by atoms with van der Waals surface area (Å²) in [5, 5.41) is 8.56. The first-order valence-electron chi connectivity index (χ1n) is 8.97. The zero-order valence-electron chi connectivity index (χ0n) is 14.7. The molecule has 1 amide bonds. The van der Waals surface area contributed by atoms with Crippen LogP contribution in [0.15, 0.2) is 47.5 Å². The molecule has 26 heavy (non-hydrogen) atoms. The maximum atomic E-state index is 12.7. The molecular formula is C19H21N5O2. The standard InChI is InChI=1S/C19H21N5O2/c1-2-22-10-8-15(13-17(22)25)19(26)23-11-6-14(7-12-23)18-21-20-16-5-3-4-9-24(16)18/h3-5,8-10,13-14H,2,6-7,11-12H2,1H3. The lowest BCUT2D eigenvalue weighted by Crippen LogP contribution is -2.38. The third-order valence-corrected chi connectivity index (χ3v) is 5.07. The summed E-state index contributed by atoms with van der Waals surface area (Å²) in [6, 6.07) is 9.02. The Kier molecular flexibility index (Phi) is 4.28. The first-order valence-corrected chi connectivity index (χ1v) is 8.97. The van der Waals surface area contributed by atoms with Gasteiger partial charge in [-0.05, 0) is 38.0 Å². The fourth-order valence-corrected chi connectivity index (χ4v) is 3.56. The van der Waals surface area contributed by atoms with Crippen LogP contribution in [0.5, 0.6) is 0 Å². The normalized spacial score (nSPS) is 15.5. The number of pyridine rings is 2. The molecule has 0 aromatic carbocycles. The van der Waals surface area contributed by atoms with Gasteiger partial charge in [0.25, 0.3) is 11.5 Å². The van der Waals surface area contributed by atoms with Gasteiger partial charge in [-0.2, -0.15) is 0 Å². The topological polar surface area (TPSA) is 72.5 Å². The third kappa shape index (κ3) is 2.89. The van der Waals surface area contributed by atoms with Crippen LogP contribution in [-0.2, 0) is 6.54 Å². The Morgan fingerprint density at radius 3 is 2.69 bits per heavy atom. The van der Waals surface area contributed by atoms with Crippen LogP contribution < -0.4 is 5.56 Å². The lowest BCUT2D eigenvalue weighted by atomic mass is 9.95. The minimum Gasteiger partial charge on any atom is -0.339 e. The highest BCUT2D eigenvalue weighted by Crippen LogP contribution is 2.27. The fourth-order valence-electron chi connectivity index (χ4n) is 3.56. The van der Waals surface area contributed by atoms with Crippen LogP contribution in [0.2, 0.25) is 0 Å². The molecule has 0 aliphatic carbocycles. The Morgan fingerprint density at radius 1 is 1.15 bits per heavy atom. The molecule has 1 aliphatic rings. The SMILES string of the molecule is CCn1ccc(C(=O)N2CCC(c3nnc4ccccn34)CC2)cc1=O. The van der Waals surface area contributed by atoms with Gasteiger partial charge < -0.3 is 9.47 Å². The number of aryl methyl sites for hydroxylation is 1. The lowest BCUT2D eigenvalue weighted by molar-refractivity contribution is 0.0710. The van der Waals surface area contributed by atoms with Gasteiger partial charge in [-0.15, -0.1) is 10.2 Å². The van der Waals surface area contributed by atoms with Crippen molar-refractivity contribution in [3.05, 3.63) is 64.5 Å². The molecule has 134 valence electrons. The number of rotatable bonds is 3. The predicted octanol–water partition coefficient (Wildman–Crippen LogP) is 1.93. The van der Waals surface area contributed by atoms with E-state index < -0.39 is 0 Å². The van der Waals surface area contributed by atoms with Crippen LogP contribution in [-0.4, -0.2) is 43.1 Å². The Morgan fingerprint density at radius 2 is 1.96 bits per heavy atom. The second kappa shape index (κ2) is 6.74. The van der Waals surface area contributed by atoms with Crippen molar-refractivity contribution in [1.82, 2.24) is 24.1 Å². The summed E-state index contributed by atoms with van der Waals surface area (Å²) in [4.78, 5) is 26.5. The monoisotopic (exact) mass is 351 g/mol. The van der Waals surface area contributed by atoms with E-state index in [-0.39, 0.29) is 17.4 Å². The van der Waals surface area contributed by atoms with Gasteiger partial charge in [-0.25, -0.2) is 0 Å². The van der Waals surface area contributed by atoms with Gasteiger partial charge in [0.15, 0.2) is 5.65 Å². The van der Waals surface area contributed by atoms with Crippen molar-refractivity contribution in [2.45, 2.75) is 32.2 Å². The van der Waals surface area contributed by atoms with Gasteiger partial charge in [-0.3, -0.25) is 14.0 Å². The Balaban J connectivity index is 1.47. The van der Waals surface area contributed by atoms with Crippen LogP contribution in [0.25, 0.3) is 5.65 Å². The molecule has 0 unspecified atom stereocenters. The average molecular weight is 351 g/mol. The smallest absolute Gasteiger partial charge is 0.254 e. The second-order valence-corrected chi connectivity index (χ2v) is 6.59. The molecule has 7 nitrogen and oxygen atoms in total. The van der Waals surface area contributed by atoms with Crippen molar-refractivity contribution in [1.29, 1.82) is 0 Å². The van der Waals surface area contributed by atoms with Crippen LogP contribution in [0, 0.1) is 0 Å². The lowest BCUT2D eigenvalue weighted by Gasteiger charge is -2.31. The number of fused-ring (bicyclic) bond motifs is 1. The highest BCUT2D eigenvalue weighted by atomic mass is 16.2. The van der Waals surface area contributed by atoms with Crippen LogP contribution in [0.3, 0.4) is 0 Å². The number of carbonyl (C=O) groups excluding carboxylic acids is 1. The molecule has 0 bridgehead atoms. The predicted molar refractivity (Wildman–Crippen MR) is 97.2 cm³/mol. The van der Waals surface area contributed by atoms with E-state index in [4.69, 9.17) is 0 Å². The maximum absolute atomic E-state index is 12.7. The number of nitrogens with zero attached hydrogens (tertiary/aromatic N) is 5. The summed E-state index contributed by atoms with van der Waals surface area (Å²) in [6.45, 7) is 3.82. The molecule has 3 aromatic heterocycles. The van der Waals surface area contributed by atoms with Gasteiger partial charge in [0.1, 0.15) is 5.82 Å². The van der Waals surface area contributed by atoms with Gasteiger partial charge in [0.2, 0.25) is 0 Å². The Hall–Kier alpha value is -2.96. The van der Waals surface area contributed by atoms with E-state index in [1.54, 1.807) is 16.8 Å². The summed E-state index contributed by atoms with van der Waals surface area (Å²) in [5.74, 6) is 1.16. The molecular weight excluding hydrogens is 330 g/mol. The van der Waals surface area contributed by atoms with Crippen LogP contribution >= 0.6 is 0 Å². The van der Waals surface area contributed by atoms with E-state index in [1.807, 2.05) is 40.6 Å². The van der Waals surface area contributed by atoms with E-state index in [9.17, 15) is 9.59 Å². The number of carbonyl (C=O) groups is 1. The van der Waals surface area contributed by atoms with Crippen molar-refractivity contribution in [2.75, 3.05) is 13.1 Å². The van der Waals surface area contributed by atoms with Gasteiger partial charge in [0, 0.05) is 49.6 Å². The Bertz CT molecular complexity index is 998. The number of amides is 1. The zero-order valence-corrected chi connectivity index (χ0v) is 14.7. The molecule has 0 saturated carbocycles. The zero-order chi connectivity index (χ0) is 18.1. The molecule has 1 saturated heterocycles. The molecule has 4 heterocycles. The highest BCUT2D eigenvalue weighted by molar-refractivity contribution is 5.94. The maximum Gasteiger partial charge on any atom is 0.254 e. The third-order valence-electron chi connectivity index (χ3n) is 5.07. The van der Waals surface area contributed by atoms with Crippen molar-refractivity contribution >= 4 is 11.6 Å². The summed E-state index contributed by atoms with van der Waals surface area (Å²) in [6.07, 6.45) is 5.34. The summed E-state index contributed by atoms with van der Waals surface area (Å²) >= 11 is 0. The van der Waals surface area contributed by atoms with Crippen LogP contribution in [0.1, 0.15) is 41.9 Å². The average Bonchev–Trinajstić information content (AvgIpc) is 3.11. The van der Waals surface area contributed by atoms with Gasteiger partial charge in [-0.1, -0.05) is 6.07 Å². The van der Waals surface area contributed by atoms with E-state index in [0.29, 0.717) is 25.2 Å². The molecule has 3 aromatic rings. The molecule has 0 spiro atoms. The summed E-state index contributed by atoms with van der Waals surface area (Å²) < 4.78 is 3.60. The molecule has 1 fully saturated rings. The number of hydrogen-bond acceptors (Lipinski definition) is 4. The first-order chi connectivity index (χ1) is 12.7. The van der Waals surface area contributed by atoms with Crippen molar-refractivity contribution in [3.8, 4) is 0 Å². The summed E-state index contributed by atoms with van der Waals surface area (Å²) in [5.41, 5.74) is 1.17. The van der Waals surface area contributed by atoms with E-state index >= 15 is 0 Å². The second-order valence-electron chi connectivity index (χ2n) is 6.59. The number of likely N-dealkylation sites (tertiary alicyclic amines) is 1. The summed E-state index contributed by atoms with van der Waals surface area (Å²) in [7, 11) is 0. The molecule has 0 radical (unpaired) electrons. The van der Waals surface area contributed by atoms with E-state index in [0.717, 1.165) is 24.3 Å². The fraction of sp³-hybridized carbons (Fsp3) is 0.368. The van der Waals surface area contributed by atoms with Gasteiger partial charge >= 0.3 is 0 Å². The minimum absolute atomic E-state index is 0.0742. The minimum atomic E-state index is -0.136. The van der Waals surface area contributed by atoms with E-state index in [1.165, 1.54) is 6.07 Å². The van der Waals surface area contributed by atoms with Crippen molar-refractivity contribution in [2.24, 2.45) is 0 Å².